The topological polar surface area (TPSA) is 145 Å². The lowest BCUT2D eigenvalue weighted by molar-refractivity contribution is -0.149. The van der Waals surface area contributed by atoms with Crippen molar-refractivity contribution in [2.24, 2.45) is 5.41 Å². The van der Waals surface area contributed by atoms with Crippen molar-refractivity contribution in [1.82, 2.24) is 0 Å². The normalized spacial score (nSPS) is 26.1. The Morgan fingerprint density at radius 3 is 2.23 bits per heavy atom. The van der Waals surface area contributed by atoms with Gasteiger partial charge in [0.15, 0.2) is 17.3 Å². The van der Waals surface area contributed by atoms with Gasteiger partial charge < -0.3 is 30.3 Å². The molecular weight excluding hydrogens is 392 g/mol. The van der Waals surface area contributed by atoms with E-state index in [4.69, 9.17) is 4.74 Å². The minimum absolute atomic E-state index is 0.0193. The Balaban J connectivity index is 2.38. The van der Waals surface area contributed by atoms with Crippen molar-refractivity contribution in [1.29, 1.82) is 0 Å². The van der Waals surface area contributed by atoms with E-state index in [-0.39, 0.29) is 23.1 Å². The number of hydrogen-bond acceptors (Lipinski definition) is 8. The van der Waals surface area contributed by atoms with Gasteiger partial charge in [0.05, 0.1) is 5.56 Å². The van der Waals surface area contributed by atoms with E-state index in [1.54, 1.807) is 20.8 Å². The summed E-state index contributed by atoms with van der Waals surface area (Å²) in [6, 6.07) is 0. The number of aromatic hydroxyl groups is 3. The maximum Gasteiger partial charge on any atom is 0.302 e. The van der Waals surface area contributed by atoms with E-state index in [2.05, 4.69) is 0 Å². The summed E-state index contributed by atoms with van der Waals surface area (Å²) < 4.78 is 5.43. The Kier molecular flexibility index (Phi) is 5.05. The Bertz CT molecular complexity index is 974. The number of carbonyl (C=O) groups is 2. The summed E-state index contributed by atoms with van der Waals surface area (Å²) in [7, 11) is 0. The van der Waals surface area contributed by atoms with Crippen molar-refractivity contribution in [3.63, 3.8) is 0 Å². The van der Waals surface area contributed by atoms with E-state index >= 15 is 0 Å². The van der Waals surface area contributed by atoms with Crippen molar-refractivity contribution >= 4 is 11.8 Å². The largest absolute Gasteiger partial charge is 0.507 e. The van der Waals surface area contributed by atoms with Crippen LogP contribution in [0.2, 0.25) is 0 Å². The molecule has 0 unspecified atom stereocenters. The van der Waals surface area contributed by atoms with E-state index in [0.29, 0.717) is 12.0 Å². The molecule has 1 aromatic rings. The number of aliphatic hydroxyl groups is 2. The van der Waals surface area contributed by atoms with Crippen LogP contribution in [-0.2, 0) is 14.9 Å². The van der Waals surface area contributed by atoms with Gasteiger partial charge in [-0.3, -0.25) is 9.59 Å². The van der Waals surface area contributed by atoms with E-state index in [1.165, 1.54) is 13.8 Å². The predicted molar refractivity (Wildman–Crippen MR) is 107 cm³/mol. The summed E-state index contributed by atoms with van der Waals surface area (Å²) in [5, 5.41) is 52.8. The Morgan fingerprint density at radius 2 is 1.70 bits per heavy atom. The molecule has 164 valence electrons. The van der Waals surface area contributed by atoms with Gasteiger partial charge in [0.25, 0.3) is 0 Å². The number of phenols is 3. The van der Waals surface area contributed by atoms with Crippen LogP contribution in [0.25, 0.3) is 0 Å². The lowest BCUT2D eigenvalue weighted by Crippen LogP contribution is -2.48. The third kappa shape index (κ3) is 2.93. The first-order valence-electron chi connectivity index (χ1n) is 9.86. The number of allylic oxidation sites excluding steroid dienone is 2. The molecule has 1 fully saturated rings. The zero-order valence-electron chi connectivity index (χ0n) is 17.7. The number of ketones is 1. The number of esters is 1. The molecule has 30 heavy (non-hydrogen) atoms. The summed E-state index contributed by atoms with van der Waals surface area (Å²) in [6.07, 6.45) is -0.0839. The molecule has 1 saturated carbocycles. The maximum atomic E-state index is 13.1. The molecule has 2 aliphatic carbocycles. The van der Waals surface area contributed by atoms with Gasteiger partial charge in [-0.25, -0.2) is 0 Å². The van der Waals surface area contributed by atoms with Gasteiger partial charge in [-0.2, -0.15) is 0 Å². The summed E-state index contributed by atoms with van der Waals surface area (Å²) in [6.45, 7) is 7.62. The van der Waals surface area contributed by atoms with Gasteiger partial charge in [0.2, 0.25) is 5.78 Å². The zero-order valence-corrected chi connectivity index (χ0v) is 17.7. The Labute approximate surface area is 174 Å². The monoisotopic (exact) mass is 420 g/mol. The third-order valence-electron chi connectivity index (χ3n) is 6.39. The van der Waals surface area contributed by atoms with Crippen LogP contribution in [0.4, 0.5) is 0 Å². The van der Waals surface area contributed by atoms with E-state index in [0.717, 1.165) is 0 Å². The molecule has 1 aromatic carbocycles. The van der Waals surface area contributed by atoms with Crippen molar-refractivity contribution < 1.29 is 39.9 Å². The molecule has 0 radical (unpaired) electrons. The highest BCUT2D eigenvalue weighted by Gasteiger charge is 2.56. The highest BCUT2D eigenvalue weighted by Crippen LogP contribution is 2.61. The average molecular weight is 420 g/mol. The second-order valence-corrected chi connectivity index (χ2v) is 9.20. The van der Waals surface area contributed by atoms with Crippen LogP contribution in [0.3, 0.4) is 0 Å². The fourth-order valence-electron chi connectivity index (χ4n) is 5.45. The van der Waals surface area contributed by atoms with Crippen molar-refractivity contribution in [2.45, 2.75) is 64.9 Å². The van der Waals surface area contributed by atoms with Gasteiger partial charge >= 0.3 is 5.97 Å². The summed E-state index contributed by atoms with van der Waals surface area (Å²) >= 11 is 0. The molecule has 0 aromatic heterocycles. The van der Waals surface area contributed by atoms with Crippen LogP contribution < -0.4 is 0 Å². The van der Waals surface area contributed by atoms with Crippen molar-refractivity contribution in [3.8, 4) is 17.2 Å². The molecule has 3 rings (SSSR count). The number of rotatable bonds is 3. The predicted octanol–water partition coefficient (Wildman–Crippen LogP) is 2.92. The summed E-state index contributed by atoms with van der Waals surface area (Å²) in [5.41, 5.74) is -2.13. The summed E-state index contributed by atoms with van der Waals surface area (Å²) in [5.74, 6) is -4.47. The van der Waals surface area contributed by atoms with E-state index < -0.39 is 64.2 Å². The number of hydrogen-bond donors (Lipinski definition) is 5. The van der Waals surface area contributed by atoms with Crippen LogP contribution in [-0.4, -0.2) is 50.0 Å². The van der Waals surface area contributed by atoms with Crippen LogP contribution in [0, 0.1) is 5.41 Å². The molecule has 3 atom stereocenters. The zero-order chi connectivity index (χ0) is 22.8. The highest BCUT2D eigenvalue weighted by molar-refractivity contribution is 6.13. The number of carbonyl (C=O) groups excluding carboxylic acids is 2. The molecular formula is C22H28O8. The fourth-order valence-corrected chi connectivity index (χ4v) is 5.45. The Morgan fingerprint density at radius 1 is 1.10 bits per heavy atom. The smallest absolute Gasteiger partial charge is 0.302 e. The second kappa shape index (κ2) is 6.91. The molecule has 0 spiro atoms. The Hall–Kier alpha value is -2.74. The number of ether oxygens (including phenoxy) is 1. The third-order valence-corrected chi connectivity index (χ3v) is 6.39. The molecule has 5 N–H and O–H groups in total. The van der Waals surface area contributed by atoms with E-state index in [1.807, 2.05) is 0 Å². The molecule has 0 amide bonds. The van der Waals surface area contributed by atoms with Gasteiger partial charge in [-0.1, -0.05) is 27.7 Å². The van der Waals surface area contributed by atoms with Gasteiger partial charge in [-0.15, -0.1) is 0 Å². The molecule has 8 nitrogen and oxygen atoms in total. The van der Waals surface area contributed by atoms with Gasteiger partial charge in [0, 0.05) is 36.0 Å². The van der Waals surface area contributed by atoms with Crippen molar-refractivity contribution in [2.75, 3.05) is 6.61 Å². The highest BCUT2D eigenvalue weighted by atomic mass is 16.5. The van der Waals surface area contributed by atoms with Crippen LogP contribution in [0.5, 0.6) is 17.2 Å². The number of phenolic OH excluding ortho intramolecular Hbond substituents is 3. The van der Waals surface area contributed by atoms with Crippen molar-refractivity contribution in [3.05, 3.63) is 28.0 Å². The fraction of sp³-hybridized carbons (Fsp3) is 0.545. The van der Waals surface area contributed by atoms with Gasteiger partial charge in [-0.05, 0) is 23.8 Å². The average Bonchev–Trinajstić information content (AvgIpc) is 2.60. The first-order chi connectivity index (χ1) is 13.8. The molecule has 0 aliphatic heterocycles. The molecule has 2 aliphatic rings. The number of aliphatic hydroxyl groups excluding tert-OH is 2. The first-order valence-corrected chi connectivity index (χ1v) is 9.86. The molecule has 0 heterocycles. The quantitative estimate of drug-likeness (QED) is 0.285. The standard InChI is InChI=1S/C22H28O8/c1-9(8-23)12-15(25)13-14(18(28)16(12)26)22(5)7-11(30-10(2)24)6-21(3,4)20(22)19(29)17(13)27/h9,11,23,25-26,28-29H,6-8H2,1-5H3/t9-,11-,22-/m1/s1. The van der Waals surface area contributed by atoms with E-state index in [9.17, 15) is 35.1 Å². The molecule has 8 heteroatoms. The number of benzene rings is 1. The minimum Gasteiger partial charge on any atom is -0.507 e. The minimum atomic E-state index is -1.20. The lowest BCUT2D eigenvalue weighted by Gasteiger charge is -2.51. The molecule has 0 saturated heterocycles. The van der Waals surface area contributed by atoms with Crippen LogP contribution >= 0.6 is 0 Å². The second-order valence-electron chi connectivity index (χ2n) is 9.20. The maximum absolute atomic E-state index is 13.1. The van der Waals surface area contributed by atoms with Gasteiger partial charge in [0.1, 0.15) is 11.9 Å². The first kappa shape index (κ1) is 22.0. The van der Waals surface area contributed by atoms with Crippen LogP contribution in [0.15, 0.2) is 11.3 Å². The lowest BCUT2D eigenvalue weighted by atomic mass is 9.53. The SMILES string of the molecule is CC(=O)O[C@@H]1CC(C)(C)C2=C(O)C(=O)c3c(O)c([C@H](C)CO)c(O)c(O)c3[C@@]2(C)C1. The number of fused-ring (bicyclic) bond motifs is 3. The summed E-state index contributed by atoms with van der Waals surface area (Å²) in [4.78, 5) is 24.7. The number of Topliss-reactive ketones (excluding diaryl/α,β-unsaturated/α-hetero) is 1. The molecule has 0 bridgehead atoms. The van der Waals surface area contributed by atoms with Crippen LogP contribution in [0.1, 0.15) is 74.9 Å².